The monoisotopic (exact) mass is 533 g/mol. The Hall–Kier alpha value is -4.01. The number of unbranched alkanes of at least 4 members (excludes halogenated alkanes) is 1. The second kappa shape index (κ2) is 15.3. The average molecular weight is 534 g/mol. The number of nitrogens with zero attached hydrogens (tertiary/aromatic N) is 1. The fraction of sp³-hybridized carbons (Fsp3) is 0.458. The minimum atomic E-state index is -1.48. The van der Waals surface area contributed by atoms with Gasteiger partial charge in [-0.3, -0.25) is 14.4 Å². The molecule has 3 amide bonds. The fourth-order valence-corrected chi connectivity index (χ4v) is 3.57. The molecule has 0 aliphatic rings. The molecule has 1 heterocycles. The Labute approximate surface area is 219 Å². The number of imidazole rings is 1. The first-order chi connectivity index (χ1) is 18.1. The molecule has 0 saturated heterocycles. The smallest absolute Gasteiger partial charge is 0.326 e. The fourth-order valence-electron chi connectivity index (χ4n) is 3.57. The van der Waals surface area contributed by atoms with Crippen LogP contribution in [0.4, 0.5) is 0 Å². The van der Waals surface area contributed by atoms with Crippen LogP contribution in [0.1, 0.15) is 30.5 Å². The van der Waals surface area contributed by atoms with E-state index in [9.17, 15) is 34.5 Å². The number of benzene rings is 1. The van der Waals surface area contributed by atoms with Crippen LogP contribution < -0.4 is 27.4 Å². The maximum absolute atomic E-state index is 13.0. The highest BCUT2D eigenvalue weighted by molar-refractivity contribution is 5.94. The number of carbonyl (C=O) groups is 4. The van der Waals surface area contributed by atoms with E-state index in [4.69, 9.17) is 11.5 Å². The first-order valence-electron chi connectivity index (χ1n) is 12.1. The van der Waals surface area contributed by atoms with Gasteiger partial charge in [0.1, 0.15) is 23.9 Å². The molecular weight excluding hydrogens is 498 g/mol. The zero-order valence-electron chi connectivity index (χ0n) is 20.8. The van der Waals surface area contributed by atoms with E-state index in [1.165, 1.54) is 36.8 Å². The van der Waals surface area contributed by atoms with E-state index in [1.807, 2.05) is 0 Å². The molecule has 2 rings (SSSR count). The Morgan fingerprint density at radius 3 is 2.13 bits per heavy atom. The van der Waals surface area contributed by atoms with Crippen molar-refractivity contribution in [2.24, 2.45) is 11.5 Å². The van der Waals surface area contributed by atoms with Crippen molar-refractivity contribution in [2.75, 3.05) is 13.2 Å². The predicted molar refractivity (Wildman–Crippen MR) is 135 cm³/mol. The summed E-state index contributed by atoms with van der Waals surface area (Å²) >= 11 is 0. The number of carbonyl (C=O) groups excluding carboxylic acids is 3. The summed E-state index contributed by atoms with van der Waals surface area (Å²) < 4.78 is 0. The second-order valence-electron chi connectivity index (χ2n) is 8.75. The van der Waals surface area contributed by atoms with E-state index in [0.29, 0.717) is 30.6 Å². The van der Waals surface area contributed by atoms with Gasteiger partial charge >= 0.3 is 5.97 Å². The number of nitrogens with two attached hydrogens (primary N) is 2. The summed E-state index contributed by atoms with van der Waals surface area (Å²) in [5, 5.41) is 35.9. The van der Waals surface area contributed by atoms with Gasteiger partial charge in [-0.25, -0.2) is 9.78 Å². The highest BCUT2D eigenvalue weighted by atomic mass is 16.4. The third-order valence-electron chi connectivity index (χ3n) is 5.72. The summed E-state index contributed by atoms with van der Waals surface area (Å²) in [6, 6.07) is 0.891. The van der Waals surface area contributed by atoms with E-state index in [1.54, 1.807) is 0 Å². The van der Waals surface area contributed by atoms with Crippen LogP contribution in [0.3, 0.4) is 0 Å². The van der Waals surface area contributed by atoms with Gasteiger partial charge in [0.15, 0.2) is 0 Å². The topological polar surface area (TPSA) is 246 Å². The molecule has 11 N–H and O–H groups in total. The number of phenols is 1. The molecule has 38 heavy (non-hydrogen) atoms. The number of aliphatic carboxylic acids is 1. The molecule has 4 atom stereocenters. The number of amides is 3. The largest absolute Gasteiger partial charge is 0.508 e. The highest BCUT2D eigenvalue weighted by Crippen LogP contribution is 2.12. The maximum Gasteiger partial charge on any atom is 0.326 e. The Morgan fingerprint density at radius 2 is 1.55 bits per heavy atom. The van der Waals surface area contributed by atoms with Crippen LogP contribution in [0.25, 0.3) is 0 Å². The predicted octanol–water partition coefficient (Wildman–Crippen LogP) is -2.11. The summed E-state index contributed by atoms with van der Waals surface area (Å²) in [5.41, 5.74) is 12.7. The van der Waals surface area contributed by atoms with Crippen LogP contribution in [0.5, 0.6) is 5.75 Å². The number of hydrogen-bond acceptors (Lipinski definition) is 9. The number of aromatic amines is 1. The molecule has 0 aliphatic carbocycles. The molecule has 4 unspecified atom stereocenters. The summed E-state index contributed by atoms with van der Waals surface area (Å²) in [6.45, 7) is -0.438. The van der Waals surface area contributed by atoms with Gasteiger partial charge in [0.05, 0.1) is 19.0 Å². The summed E-state index contributed by atoms with van der Waals surface area (Å²) in [6.07, 6.45) is 4.30. The number of phenolic OH excluding ortho intramolecular Hbond substituents is 1. The lowest BCUT2D eigenvalue weighted by Crippen LogP contribution is -2.58. The highest BCUT2D eigenvalue weighted by Gasteiger charge is 2.30. The summed E-state index contributed by atoms with van der Waals surface area (Å²) in [7, 11) is 0. The lowest BCUT2D eigenvalue weighted by molar-refractivity contribution is -0.142. The molecule has 208 valence electrons. The van der Waals surface area contributed by atoms with Crippen molar-refractivity contribution in [1.29, 1.82) is 0 Å². The van der Waals surface area contributed by atoms with Gasteiger partial charge in [-0.05, 0) is 43.5 Å². The van der Waals surface area contributed by atoms with Gasteiger partial charge in [0.25, 0.3) is 0 Å². The number of aromatic hydroxyl groups is 1. The number of carboxylic acids is 1. The van der Waals surface area contributed by atoms with Gasteiger partial charge in [0.2, 0.25) is 17.7 Å². The van der Waals surface area contributed by atoms with Crippen molar-refractivity contribution in [1.82, 2.24) is 25.9 Å². The normalized spacial score (nSPS) is 14.1. The lowest BCUT2D eigenvalue weighted by atomic mass is 10.0. The first kappa shape index (κ1) is 30.2. The van der Waals surface area contributed by atoms with E-state index in [2.05, 4.69) is 25.9 Å². The van der Waals surface area contributed by atoms with E-state index >= 15 is 0 Å². The number of aliphatic hydroxyl groups is 1. The van der Waals surface area contributed by atoms with Gasteiger partial charge < -0.3 is 47.7 Å². The zero-order valence-corrected chi connectivity index (χ0v) is 20.8. The number of aliphatic hydroxyl groups excluding tert-OH is 1. The summed E-state index contributed by atoms with van der Waals surface area (Å²) in [4.78, 5) is 56.8. The first-order valence-corrected chi connectivity index (χ1v) is 12.1. The number of nitrogens with one attached hydrogen (secondary N) is 4. The third-order valence-corrected chi connectivity index (χ3v) is 5.72. The van der Waals surface area contributed by atoms with Crippen LogP contribution in [0.2, 0.25) is 0 Å². The van der Waals surface area contributed by atoms with Crippen molar-refractivity contribution in [3.63, 3.8) is 0 Å². The Kier molecular flexibility index (Phi) is 12.2. The van der Waals surface area contributed by atoms with E-state index in [0.717, 1.165) is 0 Å². The molecule has 1 aromatic carbocycles. The van der Waals surface area contributed by atoms with Gasteiger partial charge in [-0.1, -0.05) is 12.1 Å². The Morgan fingerprint density at radius 1 is 0.921 bits per heavy atom. The number of H-pyrrole nitrogens is 1. The molecule has 0 bridgehead atoms. The van der Waals surface area contributed by atoms with Crippen LogP contribution in [0.15, 0.2) is 36.8 Å². The standard InChI is InChI=1S/C24H35N7O7/c25-8-2-1-3-18(29-21(34)17(26)10-15-11-27-13-28-15)22(35)31-20(12-32)23(36)30-19(24(37)38)9-14-4-6-16(33)7-5-14/h4-7,11,13,17-20,32-33H,1-3,8-10,12,25-26H2,(H,27,28)(H,29,34)(H,30,36)(H,31,35)(H,37,38). The molecule has 2 aromatic rings. The minimum Gasteiger partial charge on any atom is -0.508 e. The van der Waals surface area contributed by atoms with Crippen molar-refractivity contribution < 1.29 is 34.5 Å². The maximum atomic E-state index is 13.0. The Bertz CT molecular complexity index is 1050. The van der Waals surface area contributed by atoms with Crippen molar-refractivity contribution >= 4 is 23.7 Å². The molecule has 0 fully saturated rings. The van der Waals surface area contributed by atoms with Crippen LogP contribution >= 0.6 is 0 Å². The van der Waals surface area contributed by atoms with Crippen LogP contribution in [-0.4, -0.2) is 86.3 Å². The number of aromatic nitrogens is 2. The lowest BCUT2D eigenvalue weighted by Gasteiger charge is -2.24. The van der Waals surface area contributed by atoms with Gasteiger partial charge in [-0.2, -0.15) is 0 Å². The zero-order chi connectivity index (χ0) is 28.1. The molecule has 0 radical (unpaired) electrons. The van der Waals surface area contributed by atoms with Crippen LogP contribution in [-0.2, 0) is 32.0 Å². The number of rotatable bonds is 16. The van der Waals surface area contributed by atoms with Gasteiger partial charge in [0, 0.05) is 24.7 Å². The molecule has 0 spiro atoms. The SMILES string of the molecule is NCCCCC(NC(=O)C(N)Cc1cnc[nH]1)C(=O)NC(CO)C(=O)NC(Cc1ccc(O)cc1)C(=O)O. The van der Waals surface area contributed by atoms with Gasteiger partial charge in [-0.15, -0.1) is 0 Å². The quantitative estimate of drug-likeness (QED) is 0.106. The molecule has 0 aliphatic heterocycles. The van der Waals surface area contributed by atoms with Crippen molar-refractivity contribution in [3.8, 4) is 5.75 Å². The van der Waals surface area contributed by atoms with E-state index in [-0.39, 0.29) is 25.0 Å². The van der Waals surface area contributed by atoms with E-state index < -0.39 is 54.5 Å². The number of hydrogen-bond donors (Lipinski definition) is 9. The van der Waals surface area contributed by atoms with Crippen LogP contribution in [0, 0.1) is 0 Å². The number of carboxylic acid groups (broad SMARTS) is 1. The molecular formula is C24H35N7O7. The second-order valence-corrected chi connectivity index (χ2v) is 8.75. The minimum absolute atomic E-state index is 0.00286. The van der Waals surface area contributed by atoms with Crippen molar-refractivity contribution in [2.45, 2.75) is 56.3 Å². The molecule has 0 saturated carbocycles. The molecule has 1 aromatic heterocycles. The Balaban J connectivity index is 2.03. The molecule has 14 nitrogen and oxygen atoms in total. The van der Waals surface area contributed by atoms with Crippen molar-refractivity contribution in [3.05, 3.63) is 48.0 Å². The molecule has 14 heteroatoms. The third kappa shape index (κ3) is 9.80. The average Bonchev–Trinajstić information content (AvgIpc) is 3.40. The summed E-state index contributed by atoms with van der Waals surface area (Å²) in [5.74, 6) is -3.59.